The number of aryl methyl sites for hydroxylation is 3. The van der Waals surface area contributed by atoms with Crippen LogP contribution < -0.4 is 5.32 Å². The number of carboxylic acids is 1. The Morgan fingerprint density at radius 2 is 1.80 bits per heavy atom. The Morgan fingerprint density at radius 1 is 1.10 bits per heavy atom. The van der Waals surface area contributed by atoms with Gasteiger partial charge in [0.1, 0.15) is 4.88 Å². The highest BCUT2D eigenvalue weighted by molar-refractivity contribution is 7.18. The molecule has 1 aromatic carbocycles. The van der Waals surface area contributed by atoms with Gasteiger partial charge in [0.2, 0.25) is 0 Å². The molecule has 0 aliphatic carbocycles. The number of benzene rings is 1. The van der Waals surface area contributed by atoms with Crippen LogP contribution in [0, 0.1) is 20.8 Å². The summed E-state index contributed by atoms with van der Waals surface area (Å²) in [5.41, 5.74) is 3.24. The van der Waals surface area contributed by atoms with Crippen molar-refractivity contribution in [2.45, 2.75) is 20.8 Å². The molecule has 5 heteroatoms. The number of carbonyl (C=O) groups excluding carboxylic acids is 1. The van der Waals surface area contributed by atoms with E-state index in [-0.39, 0.29) is 10.8 Å². The molecule has 1 heterocycles. The first kappa shape index (κ1) is 14.3. The molecule has 0 spiro atoms. The Bertz CT molecular complexity index is 688. The standard InChI is InChI=1S/C15H15NO3S/c1-8-4-5-11(9(2)6-8)14(17)16-12-7-10(3)13(20-12)15(18)19/h4-7H,1-3H3,(H,16,17)(H,18,19). The summed E-state index contributed by atoms with van der Waals surface area (Å²) < 4.78 is 0. The lowest BCUT2D eigenvalue weighted by atomic mass is 10.1. The van der Waals surface area contributed by atoms with Crippen molar-refractivity contribution in [1.82, 2.24) is 0 Å². The van der Waals surface area contributed by atoms with Gasteiger partial charge in [-0.2, -0.15) is 0 Å². The monoisotopic (exact) mass is 289 g/mol. The lowest BCUT2D eigenvalue weighted by Gasteiger charge is -2.06. The van der Waals surface area contributed by atoms with Gasteiger partial charge in [0.15, 0.2) is 0 Å². The summed E-state index contributed by atoms with van der Waals surface area (Å²) in [5, 5.41) is 12.3. The molecular weight excluding hydrogens is 274 g/mol. The van der Waals surface area contributed by atoms with Gasteiger partial charge in [0.25, 0.3) is 5.91 Å². The molecule has 0 aliphatic rings. The van der Waals surface area contributed by atoms with Crippen LogP contribution in [0.2, 0.25) is 0 Å². The van der Waals surface area contributed by atoms with Crippen molar-refractivity contribution in [1.29, 1.82) is 0 Å². The highest BCUT2D eigenvalue weighted by Crippen LogP contribution is 2.27. The van der Waals surface area contributed by atoms with E-state index in [0.29, 0.717) is 16.1 Å². The minimum Gasteiger partial charge on any atom is -0.477 e. The number of amides is 1. The number of carboxylic acid groups (broad SMARTS) is 1. The predicted molar refractivity (Wildman–Crippen MR) is 79.9 cm³/mol. The van der Waals surface area contributed by atoms with Crippen LogP contribution in [-0.4, -0.2) is 17.0 Å². The fourth-order valence-corrected chi connectivity index (χ4v) is 2.91. The van der Waals surface area contributed by atoms with E-state index >= 15 is 0 Å². The number of nitrogens with one attached hydrogen (secondary N) is 1. The van der Waals surface area contributed by atoms with E-state index < -0.39 is 5.97 Å². The molecule has 0 fully saturated rings. The zero-order valence-corrected chi connectivity index (χ0v) is 12.3. The summed E-state index contributed by atoms with van der Waals surface area (Å²) in [6.07, 6.45) is 0. The summed E-state index contributed by atoms with van der Waals surface area (Å²) in [6.45, 7) is 5.56. The summed E-state index contributed by atoms with van der Waals surface area (Å²) in [6, 6.07) is 7.27. The second kappa shape index (κ2) is 5.46. The van der Waals surface area contributed by atoms with Crippen molar-refractivity contribution < 1.29 is 14.7 Å². The second-order valence-corrected chi connectivity index (χ2v) is 5.75. The Balaban J connectivity index is 2.23. The lowest BCUT2D eigenvalue weighted by molar-refractivity contribution is 0.0701. The van der Waals surface area contributed by atoms with Gasteiger partial charge in [0, 0.05) is 5.56 Å². The number of hydrogen-bond acceptors (Lipinski definition) is 3. The van der Waals surface area contributed by atoms with Gasteiger partial charge in [-0.1, -0.05) is 17.7 Å². The quantitative estimate of drug-likeness (QED) is 0.906. The van der Waals surface area contributed by atoms with Crippen LogP contribution in [0.25, 0.3) is 0 Å². The van der Waals surface area contributed by atoms with Crippen molar-refractivity contribution in [3.8, 4) is 0 Å². The molecule has 1 aromatic heterocycles. The molecule has 0 saturated carbocycles. The predicted octanol–water partition coefficient (Wildman–Crippen LogP) is 3.62. The van der Waals surface area contributed by atoms with E-state index in [0.717, 1.165) is 22.5 Å². The van der Waals surface area contributed by atoms with Crippen LogP contribution in [0.15, 0.2) is 24.3 Å². The molecule has 104 valence electrons. The smallest absolute Gasteiger partial charge is 0.346 e. The Kier molecular flexibility index (Phi) is 3.90. The number of anilines is 1. The number of thiophene rings is 1. The minimum atomic E-state index is -0.973. The number of aromatic carboxylic acids is 1. The lowest BCUT2D eigenvalue weighted by Crippen LogP contribution is -2.12. The number of carbonyl (C=O) groups is 2. The second-order valence-electron chi connectivity index (χ2n) is 4.70. The molecule has 2 aromatic rings. The molecular formula is C15H15NO3S. The molecule has 0 bridgehead atoms. The summed E-state index contributed by atoms with van der Waals surface area (Å²) >= 11 is 1.07. The van der Waals surface area contributed by atoms with Crippen LogP contribution in [0.3, 0.4) is 0 Å². The summed E-state index contributed by atoms with van der Waals surface area (Å²) in [5.74, 6) is -1.19. The normalized spacial score (nSPS) is 10.3. The van der Waals surface area contributed by atoms with E-state index in [9.17, 15) is 9.59 Å². The zero-order chi connectivity index (χ0) is 14.9. The molecule has 1 amide bonds. The van der Waals surface area contributed by atoms with Crippen molar-refractivity contribution in [2.75, 3.05) is 5.32 Å². The zero-order valence-electron chi connectivity index (χ0n) is 11.5. The average Bonchev–Trinajstić information content (AvgIpc) is 2.70. The Hall–Kier alpha value is -2.14. The molecule has 0 atom stereocenters. The molecule has 0 aliphatic heterocycles. The molecule has 2 rings (SSSR count). The maximum absolute atomic E-state index is 12.2. The van der Waals surface area contributed by atoms with Crippen molar-refractivity contribution in [2.24, 2.45) is 0 Å². The van der Waals surface area contributed by atoms with Crippen molar-refractivity contribution in [3.05, 3.63) is 51.4 Å². The van der Waals surface area contributed by atoms with Crippen LogP contribution in [-0.2, 0) is 0 Å². The van der Waals surface area contributed by atoms with E-state index in [4.69, 9.17) is 5.11 Å². The average molecular weight is 289 g/mol. The third kappa shape index (κ3) is 2.88. The van der Waals surface area contributed by atoms with Crippen LogP contribution in [0.5, 0.6) is 0 Å². The van der Waals surface area contributed by atoms with Gasteiger partial charge in [-0.3, -0.25) is 4.79 Å². The molecule has 0 unspecified atom stereocenters. The summed E-state index contributed by atoms with van der Waals surface area (Å²) in [7, 11) is 0. The highest BCUT2D eigenvalue weighted by atomic mass is 32.1. The van der Waals surface area contributed by atoms with Gasteiger partial charge in [-0.05, 0) is 44.0 Å². The third-order valence-corrected chi connectivity index (χ3v) is 4.12. The first-order valence-corrected chi connectivity index (χ1v) is 6.92. The van der Waals surface area contributed by atoms with Gasteiger partial charge in [-0.25, -0.2) is 4.79 Å². The van der Waals surface area contributed by atoms with Gasteiger partial charge in [0.05, 0.1) is 5.00 Å². The van der Waals surface area contributed by atoms with E-state index in [2.05, 4.69) is 5.32 Å². The first-order valence-electron chi connectivity index (χ1n) is 6.11. The molecule has 2 N–H and O–H groups in total. The highest BCUT2D eigenvalue weighted by Gasteiger charge is 2.15. The SMILES string of the molecule is Cc1ccc(C(=O)Nc2cc(C)c(C(=O)O)s2)c(C)c1. The number of rotatable bonds is 3. The van der Waals surface area contributed by atoms with E-state index in [1.54, 1.807) is 19.1 Å². The topological polar surface area (TPSA) is 66.4 Å². The van der Waals surface area contributed by atoms with Crippen molar-refractivity contribution >= 4 is 28.2 Å². The Labute approximate surface area is 121 Å². The molecule has 0 radical (unpaired) electrons. The number of hydrogen-bond donors (Lipinski definition) is 2. The Morgan fingerprint density at radius 3 is 2.35 bits per heavy atom. The van der Waals surface area contributed by atoms with Crippen LogP contribution >= 0.6 is 11.3 Å². The molecule has 0 saturated heterocycles. The van der Waals surface area contributed by atoms with E-state index in [1.165, 1.54) is 0 Å². The maximum atomic E-state index is 12.2. The van der Waals surface area contributed by atoms with E-state index in [1.807, 2.05) is 26.0 Å². The van der Waals surface area contributed by atoms with Crippen molar-refractivity contribution in [3.63, 3.8) is 0 Å². The third-order valence-electron chi connectivity index (χ3n) is 2.98. The van der Waals surface area contributed by atoms with Crippen LogP contribution in [0.4, 0.5) is 5.00 Å². The molecule has 4 nitrogen and oxygen atoms in total. The minimum absolute atomic E-state index is 0.222. The van der Waals surface area contributed by atoms with Gasteiger partial charge < -0.3 is 10.4 Å². The fourth-order valence-electron chi connectivity index (χ4n) is 2.00. The first-order chi connectivity index (χ1) is 9.38. The maximum Gasteiger partial charge on any atom is 0.346 e. The molecule has 20 heavy (non-hydrogen) atoms. The summed E-state index contributed by atoms with van der Waals surface area (Å²) in [4.78, 5) is 23.4. The van der Waals surface area contributed by atoms with Gasteiger partial charge >= 0.3 is 5.97 Å². The van der Waals surface area contributed by atoms with Crippen LogP contribution in [0.1, 0.15) is 36.7 Å². The largest absolute Gasteiger partial charge is 0.477 e. The van der Waals surface area contributed by atoms with Gasteiger partial charge in [-0.15, -0.1) is 11.3 Å². The fraction of sp³-hybridized carbons (Fsp3) is 0.200.